The maximum atomic E-state index is 11.9. The summed E-state index contributed by atoms with van der Waals surface area (Å²) in [5.74, 6) is 0.637. The van der Waals surface area contributed by atoms with Crippen molar-refractivity contribution in [2.45, 2.75) is 26.0 Å². The predicted octanol–water partition coefficient (Wildman–Crippen LogP) is 3.78. The minimum Gasteiger partial charge on any atom is -0.496 e. The first kappa shape index (κ1) is 20.8. The van der Waals surface area contributed by atoms with Gasteiger partial charge in [0.2, 0.25) is 5.91 Å². The molecule has 144 valence electrons. The average molecular weight is 435 g/mol. The van der Waals surface area contributed by atoms with Crippen LogP contribution in [0, 0.1) is 0 Å². The summed E-state index contributed by atoms with van der Waals surface area (Å²) in [7, 11) is 1.59. The SMILES string of the molecule is COc1ccc(Br)cc1CNC(=O)CCCNC(=O)OCc1ccccc1. The van der Waals surface area contributed by atoms with E-state index >= 15 is 0 Å². The summed E-state index contributed by atoms with van der Waals surface area (Å²) in [6.45, 7) is 0.983. The number of carbonyl (C=O) groups excluding carboxylic acids is 2. The van der Waals surface area contributed by atoms with Crippen molar-refractivity contribution < 1.29 is 19.1 Å². The van der Waals surface area contributed by atoms with Crippen LogP contribution >= 0.6 is 15.9 Å². The number of hydrogen-bond donors (Lipinski definition) is 2. The smallest absolute Gasteiger partial charge is 0.407 e. The highest BCUT2D eigenvalue weighted by atomic mass is 79.9. The van der Waals surface area contributed by atoms with Gasteiger partial charge in [0.05, 0.1) is 7.11 Å². The third-order valence-corrected chi connectivity index (χ3v) is 4.27. The molecule has 0 bridgehead atoms. The first-order valence-electron chi connectivity index (χ1n) is 8.62. The standard InChI is InChI=1S/C20H23BrN2O4/c1-26-18-10-9-17(21)12-16(18)13-23-19(24)8-5-11-22-20(25)27-14-15-6-3-2-4-7-15/h2-4,6-7,9-10,12H,5,8,11,13-14H2,1H3,(H,22,25)(H,23,24). The number of carbonyl (C=O) groups is 2. The van der Waals surface area contributed by atoms with Crippen molar-refractivity contribution in [3.8, 4) is 5.75 Å². The molecule has 0 aliphatic carbocycles. The highest BCUT2D eigenvalue weighted by Gasteiger charge is 2.07. The Balaban J connectivity index is 1.60. The molecule has 2 rings (SSSR count). The van der Waals surface area contributed by atoms with Crippen molar-refractivity contribution in [3.63, 3.8) is 0 Å². The van der Waals surface area contributed by atoms with Crippen LogP contribution in [0.5, 0.6) is 5.75 Å². The zero-order valence-electron chi connectivity index (χ0n) is 15.2. The minimum atomic E-state index is -0.488. The van der Waals surface area contributed by atoms with Crippen molar-refractivity contribution >= 4 is 27.9 Å². The lowest BCUT2D eigenvalue weighted by atomic mass is 10.2. The molecule has 0 aliphatic heterocycles. The molecule has 0 radical (unpaired) electrons. The normalized spacial score (nSPS) is 10.1. The molecule has 0 saturated carbocycles. The van der Waals surface area contributed by atoms with Crippen molar-refractivity contribution in [1.29, 1.82) is 0 Å². The van der Waals surface area contributed by atoms with Gasteiger partial charge in [-0.05, 0) is 30.2 Å². The Bertz CT molecular complexity index is 753. The molecular formula is C20H23BrN2O4. The van der Waals surface area contributed by atoms with Gasteiger partial charge in [-0.3, -0.25) is 4.79 Å². The molecule has 2 aromatic carbocycles. The third-order valence-electron chi connectivity index (χ3n) is 3.78. The molecule has 0 heterocycles. The van der Waals surface area contributed by atoms with E-state index in [9.17, 15) is 9.59 Å². The van der Waals surface area contributed by atoms with Gasteiger partial charge in [0.25, 0.3) is 0 Å². The predicted molar refractivity (Wildman–Crippen MR) is 106 cm³/mol. The largest absolute Gasteiger partial charge is 0.496 e. The van der Waals surface area contributed by atoms with Gasteiger partial charge in [-0.1, -0.05) is 46.3 Å². The number of methoxy groups -OCH3 is 1. The molecular weight excluding hydrogens is 412 g/mol. The van der Waals surface area contributed by atoms with Crippen molar-refractivity contribution in [3.05, 3.63) is 64.1 Å². The second-order valence-corrected chi connectivity index (χ2v) is 6.74. The molecule has 0 unspecified atom stereocenters. The van der Waals surface area contributed by atoms with Crippen molar-refractivity contribution in [1.82, 2.24) is 10.6 Å². The summed E-state index contributed by atoms with van der Waals surface area (Å²) < 4.78 is 11.3. The highest BCUT2D eigenvalue weighted by Crippen LogP contribution is 2.22. The zero-order valence-corrected chi connectivity index (χ0v) is 16.8. The quantitative estimate of drug-likeness (QED) is 0.588. The van der Waals surface area contributed by atoms with Crippen LogP contribution in [0.4, 0.5) is 4.79 Å². The number of halogens is 1. The van der Waals surface area contributed by atoms with Gasteiger partial charge < -0.3 is 20.1 Å². The Hall–Kier alpha value is -2.54. The Morgan fingerprint density at radius 1 is 1.07 bits per heavy atom. The van der Waals surface area contributed by atoms with Crippen LogP contribution < -0.4 is 15.4 Å². The number of nitrogens with one attached hydrogen (secondary N) is 2. The Labute approximate surface area is 167 Å². The maximum Gasteiger partial charge on any atom is 0.407 e. The van der Waals surface area contributed by atoms with E-state index in [0.717, 1.165) is 21.3 Å². The van der Waals surface area contributed by atoms with Gasteiger partial charge in [0.1, 0.15) is 12.4 Å². The van der Waals surface area contributed by atoms with Crippen LogP contribution in [0.1, 0.15) is 24.0 Å². The number of ether oxygens (including phenoxy) is 2. The van der Waals surface area contributed by atoms with E-state index in [1.165, 1.54) is 0 Å². The molecule has 0 saturated heterocycles. The first-order valence-corrected chi connectivity index (χ1v) is 9.41. The Morgan fingerprint density at radius 3 is 2.59 bits per heavy atom. The molecule has 6 nitrogen and oxygen atoms in total. The fourth-order valence-electron chi connectivity index (χ4n) is 2.38. The minimum absolute atomic E-state index is 0.0866. The lowest BCUT2D eigenvalue weighted by Gasteiger charge is -2.10. The molecule has 27 heavy (non-hydrogen) atoms. The number of amides is 2. The zero-order chi connectivity index (χ0) is 19.5. The first-order chi connectivity index (χ1) is 13.1. The van der Waals surface area contributed by atoms with Crippen LogP contribution in [-0.4, -0.2) is 25.7 Å². The van der Waals surface area contributed by atoms with Gasteiger partial charge in [-0.15, -0.1) is 0 Å². The van der Waals surface area contributed by atoms with Crippen LogP contribution in [0.3, 0.4) is 0 Å². The van der Waals surface area contributed by atoms with Crippen LogP contribution in [0.2, 0.25) is 0 Å². The summed E-state index contributed by atoms with van der Waals surface area (Å²) in [6.07, 6.45) is 0.357. The summed E-state index contributed by atoms with van der Waals surface area (Å²) >= 11 is 3.40. The van der Waals surface area contributed by atoms with Crippen molar-refractivity contribution in [2.24, 2.45) is 0 Å². The number of hydrogen-bond acceptors (Lipinski definition) is 4. The van der Waals surface area contributed by atoms with E-state index in [4.69, 9.17) is 9.47 Å². The lowest BCUT2D eigenvalue weighted by Crippen LogP contribution is -2.27. The van der Waals surface area contributed by atoms with E-state index in [2.05, 4.69) is 26.6 Å². The van der Waals surface area contributed by atoms with E-state index in [1.54, 1.807) is 7.11 Å². The molecule has 0 spiro atoms. The average Bonchev–Trinajstić information content (AvgIpc) is 2.69. The Morgan fingerprint density at radius 2 is 1.85 bits per heavy atom. The second-order valence-electron chi connectivity index (χ2n) is 5.82. The molecule has 0 fully saturated rings. The number of alkyl carbamates (subject to hydrolysis) is 1. The maximum absolute atomic E-state index is 11.9. The fraction of sp³-hybridized carbons (Fsp3) is 0.300. The molecule has 0 aliphatic rings. The summed E-state index contributed by atoms with van der Waals surface area (Å²) in [6, 6.07) is 15.1. The second kappa shape index (κ2) is 11.2. The van der Waals surface area contributed by atoms with Gasteiger partial charge >= 0.3 is 6.09 Å². The van der Waals surface area contributed by atoms with E-state index in [-0.39, 0.29) is 12.5 Å². The van der Waals surface area contributed by atoms with E-state index < -0.39 is 6.09 Å². The van der Waals surface area contributed by atoms with Crippen LogP contribution in [0.25, 0.3) is 0 Å². The molecule has 2 amide bonds. The van der Waals surface area contributed by atoms with Gasteiger partial charge in [0.15, 0.2) is 0 Å². The highest BCUT2D eigenvalue weighted by molar-refractivity contribution is 9.10. The molecule has 0 aromatic heterocycles. The molecule has 2 aromatic rings. The monoisotopic (exact) mass is 434 g/mol. The third kappa shape index (κ3) is 7.70. The van der Waals surface area contributed by atoms with E-state index in [1.807, 2.05) is 48.5 Å². The van der Waals surface area contributed by atoms with E-state index in [0.29, 0.717) is 25.9 Å². The number of rotatable bonds is 9. The molecule has 2 N–H and O–H groups in total. The molecule has 0 atom stereocenters. The summed E-state index contributed by atoms with van der Waals surface area (Å²) in [5.41, 5.74) is 1.82. The van der Waals surface area contributed by atoms with Crippen LogP contribution in [0.15, 0.2) is 53.0 Å². The number of benzene rings is 2. The summed E-state index contributed by atoms with van der Waals surface area (Å²) in [4.78, 5) is 23.6. The fourth-order valence-corrected chi connectivity index (χ4v) is 2.79. The Kier molecular flexibility index (Phi) is 8.64. The van der Waals surface area contributed by atoms with Crippen molar-refractivity contribution in [2.75, 3.05) is 13.7 Å². The lowest BCUT2D eigenvalue weighted by molar-refractivity contribution is -0.121. The van der Waals surface area contributed by atoms with Gasteiger partial charge in [0, 0.05) is 29.5 Å². The topological polar surface area (TPSA) is 76.7 Å². The molecule has 7 heteroatoms. The van der Waals surface area contributed by atoms with Crippen LogP contribution in [-0.2, 0) is 22.7 Å². The van der Waals surface area contributed by atoms with Gasteiger partial charge in [-0.2, -0.15) is 0 Å². The summed E-state index contributed by atoms with van der Waals surface area (Å²) in [5, 5.41) is 5.49. The van der Waals surface area contributed by atoms with Gasteiger partial charge in [-0.25, -0.2) is 4.79 Å².